The molecule has 86 valence electrons. The number of hydrogen-bond acceptors (Lipinski definition) is 3. The Morgan fingerprint density at radius 1 is 1.47 bits per heavy atom. The van der Waals surface area contributed by atoms with Crippen molar-refractivity contribution in [3.63, 3.8) is 0 Å². The first-order valence-electron chi connectivity index (χ1n) is 6.13. The molecular formula is C12H23N3. The summed E-state index contributed by atoms with van der Waals surface area (Å²) in [6.07, 6.45) is 6.56. The van der Waals surface area contributed by atoms with Crippen LogP contribution in [0.4, 0.5) is 0 Å². The average Bonchev–Trinajstić information content (AvgIpc) is 2.45. The fourth-order valence-corrected chi connectivity index (χ4v) is 2.42. The molecule has 1 fully saturated rings. The van der Waals surface area contributed by atoms with Crippen molar-refractivity contribution in [2.45, 2.75) is 45.1 Å². The molecule has 2 N–H and O–H groups in total. The Bertz CT molecular complexity index is 209. The average molecular weight is 209 g/mol. The van der Waals surface area contributed by atoms with E-state index < -0.39 is 0 Å². The molecule has 3 heteroatoms. The van der Waals surface area contributed by atoms with Crippen LogP contribution in [-0.2, 0) is 0 Å². The SMILES string of the molecule is CCCC1CCCN(CC(N)C#N)CC1. The summed E-state index contributed by atoms with van der Waals surface area (Å²) in [6, 6.07) is 1.79. The van der Waals surface area contributed by atoms with Crippen LogP contribution in [0, 0.1) is 17.2 Å². The summed E-state index contributed by atoms with van der Waals surface area (Å²) in [7, 11) is 0. The van der Waals surface area contributed by atoms with Crippen LogP contribution >= 0.6 is 0 Å². The van der Waals surface area contributed by atoms with Crippen LogP contribution in [-0.4, -0.2) is 30.6 Å². The number of rotatable bonds is 4. The third kappa shape index (κ3) is 4.63. The summed E-state index contributed by atoms with van der Waals surface area (Å²) in [5, 5.41) is 8.67. The zero-order chi connectivity index (χ0) is 11.1. The van der Waals surface area contributed by atoms with E-state index in [1.54, 1.807) is 0 Å². The lowest BCUT2D eigenvalue weighted by atomic mass is 9.96. The lowest BCUT2D eigenvalue weighted by molar-refractivity contribution is 0.274. The molecule has 1 saturated heterocycles. The highest BCUT2D eigenvalue weighted by molar-refractivity contribution is 4.89. The van der Waals surface area contributed by atoms with E-state index in [0.29, 0.717) is 0 Å². The van der Waals surface area contributed by atoms with E-state index in [1.807, 2.05) is 0 Å². The van der Waals surface area contributed by atoms with Crippen LogP contribution in [0.15, 0.2) is 0 Å². The van der Waals surface area contributed by atoms with Crippen molar-refractivity contribution in [2.75, 3.05) is 19.6 Å². The van der Waals surface area contributed by atoms with Crippen molar-refractivity contribution in [1.29, 1.82) is 5.26 Å². The van der Waals surface area contributed by atoms with Crippen molar-refractivity contribution in [1.82, 2.24) is 4.90 Å². The van der Waals surface area contributed by atoms with Gasteiger partial charge in [-0.1, -0.05) is 19.8 Å². The van der Waals surface area contributed by atoms with Gasteiger partial charge in [-0.25, -0.2) is 0 Å². The number of hydrogen-bond donors (Lipinski definition) is 1. The highest BCUT2D eigenvalue weighted by atomic mass is 15.1. The molecule has 1 heterocycles. The molecule has 0 spiro atoms. The van der Waals surface area contributed by atoms with Gasteiger partial charge in [-0.3, -0.25) is 0 Å². The normalized spacial score (nSPS) is 25.5. The molecule has 15 heavy (non-hydrogen) atoms. The molecule has 1 aliphatic rings. The largest absolute Gasteiger partial charge is 0.315 e. The maximum absolute atomic E-state index is 8.67. The third-order valence-corrected chi connectivity index (χ3v) is 3.26. The molecule has 0 radical (unpaired) electrons. The van der Waals surface area contributed by atoms with Gasteiger partial charge in [-0.15, -0.1) is 0 Å². The van der Waals surface area contributed by atoms with Gasteiger partial charge < -0.3 is 10.6 Å². The topological polar surface area (TPSA) is 53.0 Å². The lowest BCUT2D eigenvalue weighted by Crippen LogP contribution is -2.37. The summed E-state index contributed by atoms with van der Waals surface area (Å²) >= 11 is 0. The summed E-state index contributed by atoms with van der Waals surface area (Å²) in [5.74, 6) is 0.901. The van der Waals surface area contributed by atoms with Crippen LogP contribution in [0.25, 0.3) is 0 Å². The van der Waals surface area contributed by atoms with Gasteiger partial charge in [-0.2, -0.15) is 5.26 Å². The Kier molecular flexibility index (Phi) is 5.67. The fraction of sp³-hybridized carbons (Fsp3) is 0.917. The second-order valence-electron chi connectivity index (χ2n) is 4.62. The smallest absolute Gasteiger partial charge is 0.106 e. The van der Waals surface area contributed by atoms with Gasteiger partial charge in [0.1, 0.15) is 6.04 Å². The summed E-state index contributed by atoms with van der Waals surface area (Å²) < 4.78 is 0. The van der Waals surface area contributed by atoms with Crippen molar-refractivity contribution >= 4 is 0 Å². The minimum absolute atomic E-state index is 0.312. The minimum Gasteiger partial charge on any atom is -0.315 e. The number of nitrogens with two attached hydrogens (primary N) is 1. The maximum Gasteiger partial charge on any atom is 0.106 e. The van der Waals surface area contributed by atoms with E-state index in [4.69, 9.17) is 11.0 Å². The molecule has 1 rings (SSSR count). The second-order valence-corrected chi connectivity index (χ2v) is 4.62. The lowest BCUT2D eigenvalue weighted by Gasteiger charge is -2.20. The first-order chi connectivity index (χ1) is 7.26. The molecule has 0 aromatic heterocycles. The molecule has 0 aromatic rings. The number of nitriles is 1. The summed E-state index contributed by atoms with van der Waals surface area (Å²) in [4.78, 5) is 2.35. The second kappa shape index (κ2) is 6.81. The van der Waals surface area contributed by atoms with E-state index in [-0.39, 0.29) is 6.04 Å². The Morgan fingerprint density at radius 2 is 2.27 bits per heavy atom. The van der Waals surface area contributed by atoms with Gasteiger partial charge in [0, 0.05) is 6.54 Å². The van der Waals surface area contributed by atoms with Crippen LogP contribution in [0.3, 0.4) is 0 Å². The van der Waals surface area contributed by atoms with Gasteiger partial charge in [0.15, 0.2) is 0 Å². The van der Waals surface area contributed by atoms with Crippen molar-refractivity contribution in [2.24, 2.45) is 11.7 Å². The predicted octanol–water partition coefficient (Wildman–Crippen LogP) is 1.74. The fourth-order valence-electron chi connectivity index (χ4n) is 2.42. The summed E-state index contributed by atoms with van der Waals surface area (Å²) in [5.41, 5.74) is 5.65. The van der Waals surface area contributed by atoms with Crippen LogP contribution in [0.5, 0.6) is 0 Å². The standard InChI is InChI=1S/C12H23N3/c1-2-4-11-5-3-7-15(8-6-11)10-12(14)9-13/h11-12H,2-8,10,14H2,1H3. The molecule has 0 amide bonds. The van der Waals surface area contributed by atoms with Crippen molar-refractivity contribution in [3.8, 4) is 6.07 Å². The molecule has 1 aliphatic heterocycles. The highest BCUT2D eigenvalue weighted by Gasteiger charge is 2.17. The molecular weight excluding hydrogens is 186 g/mol. The molecule has 0 bridgehead atoms. The van der Waals surface area contributed by atoms with Gasteiger partial charge in [0.25, 0.3) is 0 Å². The summed E-state index contributed by atoms with van der Waals surface area (Å²) in [6.45, 7) is 5.25. The Hall–Kier alpha value is -0.590. The Labute approximate surface area is 93.2 Å². The molecule has 0 aliphatic carbocycles. The first-order valence-corrected chi connectivity index (χ1v) is 6.13. The van der Waals surface area contributed by atoms with Crippen molar-refractivity contribution in [3.05, 3.63) is 0 Å². The van der Waals surface area contributed by atoms with E-state index in [0.717, 1.165) is 25.6 Å². The Morgan fingerprint density at radius 3 is 2.93 bits per heavy atom. The first kappa shape index (κ1) is 12.5. The van der Waals surface area contributed by atoms with Crippen LogP contribution in [0.2, 0.25) is 0 Å². The van der Waals surface area contributed by atoms with Gasteiger partial charge in [0.2, 0.25) is 0 Å². The number of likely N-dealkylation sites (tertiary alicyclic amines) is 1. The molecule has 3 nitrogen and oxygen atoms in total. The quantitative estimate of drug-likeness (QED) is 0.767. The Balaban J connectivity index is 2.29. The van der Waals surface area contributed by atoms with Gasteiger partial charge in [0.05, 0.1) is 6.07 Å². The van der Waals surface area contributed by atoms with E-state index >= 15 is 0 Å². The number of nitrogens with zero attached hydrogens (tertiary/aromatic N) is 2. The van der Waals surface area contributed by atoms with Crippen molar-refractivity contribution < 1.29 is 0 Å². The molecule has 2 atom stereocenters. The van der Waals surface area contributed by atoms with Gasteiger partial charge in [-0.05, 0) is 38.3 Å². The molecule has 2 unspecified atom stereocenters. The van der Waals surface area contributed by atoms with Gasteiger partial charge >= 0.3 is 0 Å². The van der Waals surface area contributed by atoms with E-state index in [2.05, 4.69) is 17.9 Å². The van der Waals surface area contributed by atoms with E-state index in [1.165, 1.54) is 32.1 Å². The van der Waals surface area contributed by atoms with E-state index in [9.17, 15) is 0 Å². The minimum atomic E-state index is -0.312. The monoisotopic (exact) mass is 209 g/mol. The molecule has 0 saturated carbocycles. The highest BCUT2D eigenvalue weighted by Crippen LogP contribution is 2.21. The van der Waals surface area contributed by atoms with Crippen LogP contribution < -0.4 is 5.73 Å². The molecule has 0 aromatic carbocycles. The third-order valence-electron chi connectivity index (χ3n) is 3.26. The zero-order valence-electron chi connectivity index (χ0n) is 9.78. The zero-order valence-corrected chi connectivity index (χ0v) is 9.78. The predicted molar refractivity (Wildman–Crippen MR) is 62.3 cm³/mol. The maximum atomic E-state index is 8.67. The van der Waals surface area contributed by atoms with Crippen LogP contribution in [0.1, 0.15) is 39.0 Å².